The molecule has 0 bridgehead atoms. The van der Waals surface area contributed by atoms with Gasteiger partial charge in [-0.05, 0) is 33.2 Å². The summed E-state index contributed by atoms with van der Waals surface area (Å²) in [6, 6.07) is 4.75. The van der Waals surface area contributed by atoms with Crippen molar-refractivity contribution in [1.29, 1.82) is 0 Å². The zero-order valence-electron chi connectivity index (χ0n) is 7.75. The van der Waals surface area contributed by atoms with Crippen molar-refractivity contribution in [3.05, 3.63) is 34.3 Å². The Balaban J connectivity index is 2.94. The Morgan fingerprint density at radius 2 is 2.00 bits per heavy atom. The molecule has 0 aliphatic heterocycles. The number of hydrogen-bond acceptors (Lipinski definition) is 3. The minimum Gasteiger partial charge on any atom is -0.254 e. The molecule has 0 fully saturated rings. The lowest BCUT2D eigenvalue weighted by atomic mass is 10.2. The van der Waals surface area contributed by atoms with Gasteiger partial charge in [-0.25, -0.2) is 0 Å². The summed E-state index contributed by atoms with van der Waals surface area (Å²) in [5.41, 5.74) is 1.17. The molecule has 3 nitrogen and oxygen atoms in total. The summed E-state index contributed by atoms with van der Waals surface area (Å²) >= 11 is 5.77. The van der Waals surface area contributed by atoms with Crippen LogP contribution in [0.3, 0.4) is 0 Å². The van der Waals surface area contributed by atoms with E-state index >= 15 is 0 Å². The Morgan fingerprint density at radius 1 is 1.40 bits per heavy atom. The zero-order valence-corrected chi connectivity index (χ0v) is 9.40. The van der Waals surface area contributed by atoms with Crippen molar-refractivity contribution in [3.63, 3.8) is 0 Å². The van der Waals surface area contributed by atoms with E-state index in [0.29, 0.717) is 5.56 Å². The molecule has 15 heavy (non-hydrogen) atoms. The first-order valence-corrected chi connectivity index (χ1v) is 6.06. The summed E-state index contributed by atoms with van der Waals surface area (Å²) < 4.78 is 40.6. The van der Waals surface area contributed by atoms with E-state index in [1.165, 1.54) is 6.07 Å². The van der Waals surface area contributed by atoms with Gasteiger partial charge in [0, 0.05) is 5.02 Å². The van der Waals surface area contributed by atoms with E-state index in [9.17, 15) is 13.6 Å². The number of aryl methyl sites for hydroxylation is 1. The Morgan fingerprint density at radius 3 is 2.47 bits per heavy atom. The van der Waals surface area contributed by atoms with Gasteiger partial charge in [-0.2, -0.15) is 0 Å². The first kappa shape index (κ1) is 12.6. The van der Waals surface area contributed by atoms with Crippen LogP contribution in [0.25, 0.3) is 0 Å². The Labute approximate surface area is 90.3 Å². The van der Waals surface area contributed by atoms with Crippen LogP contribution in [0.15, 0.2) is 18.2 Å². The molecular weight excluding hydrogens is 249 g/mol. The van der Waals surface area contributed by atoms with E-state index in [1.54, 1.807) is 19.1 Å². The van der Waals surface area contributed by atoms with Crippen molar-refractivity contribution in [3.8, 4) is 0 Å². The molecule has 1 aromatic carbocycles. The predicted molar refractivity (Wildman–Crippen MR) is 51.9 cm³/mol. The third kappa shape index (κ3) is 3.24. The molecule has 0 atom stereocenters. The summed E-state index contributed by atoms with van der Waals surface area (Å²) in [4.78, 5) is 0. The predicted octanol–water partition coefficient (Wildman–Crippen LogP) is 4.14. The van der Waals surface area contributed by atoms with E-state index in [0.717, 1.165) is 5.56 Å². The second-order valence-electron chi connectivity index (χ2n) is 3.00. The summed E-state index contributed by atoms with van der Waals surface area (Å²) in [6.45, 7) is 1.80. The largest absolute Gasteiger partial charge is 0.399 e. The number of halogens is 3. The van der Waals surface area contributed by atoms with Crippen molar-refractivity contribution >= 4 is 19.2 Å². The van der Waals surface area contributed by atoms with Gasteiger partial charge in [0.25, 0.3) is 0 Å². The highest BCUT2D eigenvalue weighted by Crippen LogP contribution is 2.52. The summed E-state index contributed by atoms with van der Waals surface area (Å²) in [5, 5.41) is 0.254. The quantitative estimate of drug-likeness (QED) is 0.759. The van der Waals surface area contributed by atoms with Gasteiger partial charge in [0.2, 0.25) is 0 Å². The highest BCUT2D eigenvalue weighted by Gasteiger charge is 2.28. The minimum atomic E-state index is -4.36. The lowest BCUT2D eigenvalue weighted by Crippen LogP contribution is -1.91. The second-order valence-corrected chi connectivity index (χ2v) is 5.22. The first-order chi connectivity index (χ1) is 7.00. The third-order valence-corrected chi connectivity index (χ3v) is 3.28. The Hall–Kier alpha value is -0.480. The summed E-state index contributed by atoms with van der Waals surface area (Å²) in [5.74, 6) is 0. The van der Waals surface area contributed by atoms with Crippen LogP contribution >= 0.6 is 19.2 Å². The van der Waals surface area contributed by atoms with E-state index in [2.05, 4.69) is 9.46 Å². The standard InChI is InChI=1S/C8H8ClF2O3P/c1-6-2-3-7(8(9)4-6)5-15(12,13-10)14-11/h2-4H,5H2,1H3. The SMILES string of the molecule is Cc1ccc(CP(=O)(OF)OF)c(Cl)c1. The van der Waals surface area contributed by atoms with Crippen molar-refractivity contribution < 1.29 is 23.1 Å². The Bertz CT molecular complexity index is 391. The molecule has 0 heterocycles. The van der Waals surface area contributed by atoms with Crippen LogP contribution in [0.4, 0.5) is 9.05 Å². The normalized spacial score (nSPS) is 11.7. The molecule has 0 unspecified atom stereocenters. The van der Waals surface area contributed by atoms with Crippen molar-refractivity contribution in [2.24, 2.45) is 0 Å². The van der Waals surface area contributed by atoms with Gasteiger partial charge in [0.05, 0.1) is 6.16 Å². The number of hydrogen-bond donors (Lipinski definition) is 0. The van der Waals surface area contributed by atoms with Gasteiger partial charge in [0.15, 0.2) is 0 Å². The molecule has 84 valence electrons. The minimum absolute atomic E-state index is 0.254. The fourth-order valence-electron chi connectivity index (χ4n) is 1.05. The average Bonchev–Trinajstić information content (AvgIpc) is 2.22. The maximum absolute atomic E-state index is 11.8. The molecule has 0 amide bonds. The lowest BCUT2D eigenvalue weighted by Gasteiger charge is -2.08. The third-order valence-electron chi connectivity index (χ3n) is 1.78. The van der Waals surface area contributed by atoms with Crippen LogP contribution in [0.1, 0.15) is 11.1 Å². The van der Waals surface area contributed by atoms with Crippen LogP contribution in [-0.4, -0.2) is 0 Å². The molecule has 0 saturated carbocycles. The summed E-state index contributed by atoms with van der Waals surface area (Å²) in [6.07, 6.45) is -0.556. The van der Waals surface area contributed by atoms with Gasteiger partial charge in [-0.3, -0.25) is 4.57 Å². The molecule has 1 rings (SSSR count). The van der Waals surface area contributed by atoms with Crippen LogP contribution in [0.5, 0.6) is 0 Å². The zero-order chi connectivity index (χ0) is 11.5. The van der Waals surface area contributed by atoms with Gasteiger partial charge >= 0.3 is 7.60 Å². The highest BCUT2D eigenvalue weighted by atomic mass is 35.5. The first-order valence-electron chi connectivity index (χ1n) is 3.95. The molecule has 0 N–H and O–H groups in total. The van der Waals surface area contributed by atoms with E-state index < -0.39 is 13.8 Å². The highest BCUT2D eigenvalue weighted by molar-refractivity contribution is 7.52. The lowest BCUT2D eigenvalue weighted by molar-refractivity contribution is -0.0881. The van der Waals surface area contributed by atoms with Crippen molar-refractivity contribution in [2.75, 3.05) is 0 Å². The molecule has 7 heteroatoms. The molecular formula is C8H8ClF2O3P. The molecule has 0 aromatic heterocycles. The van der Waals surface area contributed by atoms with Gasteiger partial charge in [-0.1, -0.05) is 23.7 Å². The van der Waals surface area contributed by atoms with Gasteiger partial charge < -0.3 is 0 Å². The molecule has 0 saturated heterocycles. The molecule has 0 aliphatic rings. The smallest absolute Gasteiger partial charge is 0.254 e. The van der Waals surface area contributed by atoms with E-state index in [1.807, 2.05) is 0 Å². The van der Waals surface area contributed by atoms with Gasteiger partial charge in [-0.15, -0.1) is 9.46 Å². The van der Waals surface area contributed by atoms with Crippen LogP contribution in [-0.2, 0) is 20.2 Å². The number of benzene rings is 1. The van der Waals surface area contributed by atoms with E-state index in [-0.39, 0.29) is 5.02 Å². The molecule has 1 aromatic rings. The maximum Gasteiger partial charge on any atom is 0.399 e. The topological polar surface area (TPSA) is 35.5 Å². The fraction of sp³-hybridized carbons (Fsp3) is 0.250. The van der Waals surface area contributed by atoms with Crippen LogP contribution < -0.4 is 0 Å². The van der Waals surface area contributed by atoms with Crippen molar-refractivity contribution in [2.45, 2.75) is 13.1 Å². The maximum atomic E-state index is 11.8. The summed E-state index contributed by atoms with van der Waals surface area (Å²) in [7, 11) is -4.36. The molecule has 0 aliphatic carbocycles. The molecule has 0 spiro atoms. The average molecular weight is 257 g/mol. The fourth-order valence-corrected chi connectivity index (χ4v) is 2.26. The monoisotopic (exact) mass is 256 g/mol. The number of rotatable bonds is 4. The Kier molecular flexibility index (Phi) is 4.22. The van der Waals surface area contributed by atoms with Crippen molar-refractivity contribution in [1.82, 2.24) is 0 Å². The van der Waals surface area contributed by atoms with Crippen LogP contribution in [0.2, 0.25) is 5.02 Å². The molecule has 0 radical (unpaired) electrons. The van der Waals surface area contributed by atoms with E-state index in [4.69, 9.17) is 11.6 Å². The van der Waals surface area contributed by atoms with Gasteiger partial charge in [0.1, 0.15) is 0 Å². The second kappa shape index (κ2) is 5.03. The van der Waals surface area contributed by atoms with Crippen LogP contribution in [0, 0.1) is 6.92 Å².